The van der Waals surface area contributed by atoms with Crippen LogP contribution in [0, 0.1) is 0 Å². The molecule has 0 aromatic carbocycles. The molecule has 0 saturated carbocycles. The van der Waals surface area contributed by atoms with Gasteiger partial charge in [0.2, 0.25) is 0 Å². The summed E-state index contributed by atoms with van der Waals surface area (Å²) in [4.78, 5) is 14.5. The van der Waals surface area contributed by atoms with Crippen molar-refractivity contribution >= 4 is 21.8 Å². The van der Waals surface area contributed by atoms with Crippen LogP contribution in [0.4, 0.5) is 0 Å². The SMILES string of the molecule is CCn1cc(Br)cc1C(=O)N1CCCCC1CN. The van der Waals surface area contributed by atoms with E-state index in [1.807, 2.05) is 28.7 Å². The van der Waals surface area contributed by atoms with Gasteiger partial charge >= 0.3 is 0 Å². The number of nitrogens with two attached hydrogens (primary N) is 1. The zero-order chi connectivity index (χ0) is 13.1. The smallest absolute Gasteiger partial charge is 0.270 e. The maximum Gasteiger partial charge on any atom is 0.270 e. The zero-order valence-corrected chi connectivity index (χ0v) is 12.3. The summed E-state index contributed by atoms with van der Waals surface area (Å²) < 4.78 is 2.93. The lowest BCUT2D eigenvalue weighted by atomic mass is 10.0. The molecule has 1 amide bonds. The molecule has 0 radical (unpaired) electrons. The molecule has 1 saturated heterocycles. The van der Waals surface area contributed by atoms with E-state index >= 15 is 0 Å². The van der Waals surface area contributed by atoms with Gasteiger partial charge < -0.3 is 15.2 Å². The van der Waals surface area contributed by atoms with Gasteiger partial charge in [-0.15, -0.1) is 0 Å². The number of rotatable bonds is 3. The molecule has 1 aromatic heterocycles. The normalized spacial score (nSPS) is 20.2. The monoisotopic (exact) mass is 313 g/mol. The van der Waals surface area contributed by atoms with Gasteiger partial charge in [-0.1, -0.05) is 0 Å². The molecule has 1 atom stereocenters. The molecule has 0 aliphatic carbocycles. The molecule has 1 aromatic rings. The highest BCUT2D eigenvalue weighted by Gasteiger charge is 2.28. The minimum absolute atomic E-state index is 0.109. The molecule has 1 unspecified atom stereocenters. The third kappa shape index (κ3) is 2.62. The van der Waals surface area contributed by atoms with Gasteiger partial charge in [0.25, 0.3) is 5.91 Å². The van der Waals surface area contributed by atoms with Gasteiger partial charge in [0.15, 0.2) is 0 Å². The number of aryl methyl sites for hydroxylation is 1. The lowest BCUT2D eigenvalue weighted by Crippen LogP contribution is -2.47. The number of hydrogen-bond acceptors (Lipinski definition) is 2. The van der Waals surface area contributed by atoms with Crippen molar-refractivity contribution in [3.63, 3.8) is 0 Å². The highest BCUT2D eigenvalue weighted by molar-refractivity contribution is 9.10. The second-order valence-electron chi connectivity index (χ2n) is 4.71. The first-order valence-corrected chi connectivity index (χ1v) is 7.33. The predicted octanol–water partition coefficient (Wildman–Crippen LogP) is 2.22. The van der Waals surface area contributed by atoms with Crippen LogP contribution < -0.4 is 5.73 Å². The van der Waals surface area contributed by atoms with E-state index in [4.69, 9.17) is 5.73 Å². The van der Waals surface area contributed by atoms with Crippen LogP contribution in [0.1, 0.15) is 36.7 Å². The summed E-state index contributed by atoms with van der Waals surface area (Å²) in [5, 5.41) is 0. The molecule has 1 fully saturated rings. The Kier molecular flexibility index (Phi) is 4.45. The average molecular weight is 314 g/mol. The Morgan fingerprint density at radius 3 is 3.00 bits per heavy atom. The highest BCUT2D eigenvalue weighted by Crippen LogP contribution is 2.22. The number of hydrogen-bond donors (Lipinski definition) is 1. The molecule has 1 aliphatic heterocycles. The molecule has 2 N–H and O–H groups in total. The first-order valence-electron chi connectivity index (χ1n) is 6.54. The van der Waals surface area contributed by atoms with Gasteiger partial charge in [-0.05, 0) is 48.2 Å². The summed E-state index contributed by atoms with van der Waals surface area (Å²) in [6.45, 7) is 4.22. The van der Waals surface area contributed by atoms with E-state index in [0.29, 0.717) is 6.54 Å². The molecule has 18 heavy (non-hydrogen) atoms. The first-order chi connectivity index (χ1) is 8.67. The molecule has 2 rings (SSSR count). The van der Waals surface area contributed by atoms with E-state index in [1.54, 1.807) is 0 Å². The molecule has 100 valence electrons. The van der Waals surface area contributed by atoms with Gasteiger partial charge in [-0.3, -0.25) is 4.79 Å². The van der Waals surface area contributed by atoms with E-state index in [1.165, 1.54) is 6.42 Å². The summed E-state index contributed by atoms with van der Waals surface area (Å²) >= 11 is 3.43. The quantitative estimate of drug-likeness (QED) is 0.930. The fourth-order valence-electron chi connectivity index (χ4n) is 2.58. The highest BCUT2D eigenvalue weighted by atomic mass is 79.9. The lowest BCUT2D eigenvalue weighted by molar-refractivity contribution is 0.0612. The fraction of sp³-hybridized carbons (Fsp3) is 0.615. The van der Waals surface area contributed by atoms with Crippen LogP contribution in [0.2, 0.25) is 0 Å². The van der Waals surface area contributed by atoms with Crippen LogP contribution in [0.5, 0.6) is 0 Å². The van der Waals surface area contributed by atoms with Gasteiger partial charge in [0.1, 0.15) is 5.69 Å². The van der Waals surface area contributed by atoms with E-state index in [0.717, 1.165) is 36.1 Å². The van der Waals surface area contributed by atoms with Crippen LogP contribution in [0.25, 0.3) is 0 Å². The Labute approximate surface area is 116 Å². The number of carbonyl (C=O) groups is 1. The van der Waals surface area contributed by atoms with Crippen molar-refractivity contribution in [2.75, 3.05) is 13.1 Å². The van der Waals surface area contributed by atoms with Gasteiger partial charge in [0, 0.05) is 36.3 Å². The van der Waals surface area contributed by atoms with Crippen molar-refractivity contribution in [1.29, 1.82) is 0 Å². The number of piperidine rings is 1. The minimum atomic E-state index is 0.109. The molecule has 1 aliphatic rings. The number of amides is 1. The minimum Gasteiger partial charge on any atom is -0.343 e. The molecule has 5 heteroatoms. The van der Waals surface area contributed by atoms with Crippen molar-refractivity contribution in [2.45, 2.75) is 38.8 Å². The third-order valence-electron chi connectivity index (χ3n) is 3.58. The van der Waals surface area contributed by atoms with Crippen molar-refractivity contribution < 1.29 is 4.79 Å². The van der Waals surface area contributed by atoms with Crippen LogP contribution in [0.3, 0.4) is 0 Å². The molecular weight excluding hydrogens is 294 g/mol. The summed E-state index contributed by atoms with van der Waals surface area (Å²) in [5.74, 6) is 0.109. The van der Waals surface area contributed by atoms with Crippen LogP contribution in [-0.2, 0) is 6.54 Å². The number of nitrogens with zero attached hydrogens (tertiary/aromatic N) is 2. The van der Waals surface area contributed by atoms with Gasteiger partial charge in [-0.2, -0.15) is 0 Å². The third-order valence-corrected chi connectivity index (χ3v) is 4.02. The molecule has 4 nitrogen and oxygen atoms in total. The Morgan fingerprint density at radius 2 is 2.33 bits per heavy atom. The van der Waals surface area contributed by atoms with Gasteiger partial charge in [-0.25, -0.2) is 0 Å². The summed E-state index contributed by atoms with van der Waals surface area (Å²) in [6, 6.07) is 2.10. The maximum absolute atomic E-state index is 12.6. The summed E-state index contributed by atoms with van der Waals surface area (Å²) in [5.41, 5.74) is 6.53. The van der Waals surface area contributed by atoms with Crippen molar-refractivity contribution in [2.24, 2.45) is 5.73 Å². The largest absolute Gasteiger partial charge is 0.343 e. The predicted molar refractivity (Wildman–Crippen MR) is 75.5 cm³/mol. The lowest BCUT2D eigenvalue weighted by Gasteiger charge is -2.35. The fourth-order valence-corrected chi connectivity index (χ4v) is 3.04. The van der Waals surface area contributed by atoms with E-state index in [9.17, 15) is 4.79 Å². The van der Waals surface area contributed by atoms with Crippen LogP contribution in [0.15, 0.2) is 16.7 Å². The van der Waals surface area contributed by atoms with Crippen LogP contribution in [-0.4, -0.2) is 34.5 Å². The number of likely N-dealkylation sites (tertiary alicyclic amines) is 1. The Hall–Kier alpha value is -0.810. The Bertz CT molecular complexity index is 430. The first kappa shape index (κ1) is 13.6. The maximum atomic E-state index is 12.6. The van der Waals surface area contributed by atoms with Gasteiger partial charge in [0.05, 0.1) is 0 Å². The van der Waals surface area contributed by atoms with E-state index in [-0.39, 0.29) is 11.9 Å². The standard InChI is InChI=1S/C13H20BrN3O/c1-2-16-9-10(14)7-12(16)13(18)17-6-4-3-5-11(17)8-15/h7,9,11H,2-6,8,15H2,1H3. The molecule has 0 spiro atoms. The van der Waals surface area contributed by atoms with Crippen molar-refractivity contribution in [3.8, 4) is 0 Å². The molecular formula is C13H20BrN3O. The number of halogens is 1. The summed E-state index contributed by atoms with van der Waals surface area (Å²) in [7, 11) is 0. The van der Waals surface area contributed by atoms with Crippen LogP contribution >= 0.6 is 15.9 Å². The second-order valence-corrected chi connectivity index (χ2v) is 5.63. The number of aromatic nitrogens is 1. The molecule has 0 bridgehead atoms. The molecule has 2 heterocycles. The zero-order valence-electron chi connectivity index (χ0n) is 10.7. The Morgan fingerprint density at radius 1 is 1.56 bits per heavy atom. The average Bonchev–Trinajstić information content (AvgIpc) is 2.79. The van der Waals surface area contributed by atoms with E-state index < -0.39 is 0 Å². The van der Waals surface area contributed by atoms with Crippen molar-refractivity contribution in [1.82, 2.24) is 9.47 Å². The summed E-state index contributed by atoms with van der Waals surface area (Å²) in [6.07, 6.45) is 5.23. The van der Waals surface area contributed by atoms with Crippen molar-refractivity contribution in [3.05, 3.63) is 22.4 Å². The second kappa shape index (κ2) is 5.89. The topological polar surface area (TPSA) is 51.3 Å². The Balaban J connectivity index is 2.23. The van der Waals surface area contributed by atoms with E-state index in [2.05, 4.69) is 15.9 Å². The number of carbonyl (C=O) groups excluding carboxylic acids is 1.